The van der Waals surface area contributed by atoms with E-state index in [-0.39, 0.29) is 12.1 Å². The number of rotatable bonds is 5. The summed E-state index contributed by atoms with van der Waals surface area (Å²) in [5.41, 5.74) is 0. The molecule has 0 amide bonds. The minimum Gasteiger partial charge on any atom is -0.490 e. The van der Waals surface area contributed by atoms with E-state index in [9.17, 15) is 4.79 Å². The second-order valence-electron chi connectivity index (χ2n) is 6.15. The maximum absolute atomic E-state index is 11.7. The van der Waals surface area contributed by atoms with Gasteiger partial charge in [-0.05, 0) is 44.7 Å². The van der Waals surface area contributed by atoms with E-state index in [1.165, 1.54) is 0 Å². The molecular formula is C17H21Cl2NO3. The fourth-order valence-corrected chi connectivity index (χ4v) is 3.97. The lowest BCUT2D eigenvalue weighted by molar-refractivity contribution is -0.146. The van der Waals surface area contributed by atoms with Gasteiger partial charge in [-0.15, -0.1) is 0 Å². The Balaban J connectivity index is 1.60. The van der Waals surface area contributed by atoms with Crippen molar-refractivity contribution in [3.05, 3.63) is 28.2 Å². The van der Waals surface area contributed by atoms with Crippen molar-refractivity contribution >= 4 is 29.2 Å². The first kappa shape index (κ1) is 16.9. The third-order valence-corrected chi connectivity index (χ3v) is 5.39. The molecular weight excluding hydrogens is 337 g/mol. The number of carbonyl (C=O) groups is 1. The zero-order valence-electron chi connectivity index (χ0n) is 13.1. The fourth-order valence-electron chi connectivity index (χ4n) is 3.68. The van der Waals surface area contributed by atoms with E-state index in [0.717, 1.165) is 31.4 Å². The highest BCUT2D eigenvalue weighted by molar-refractivity contribution is 6.42. The van der Waals surface area contributed by atoms with Crippen molar-refractivity contribution in [2.75, 3.05) is 13.2 Å². The van der Waals surface area contributed by atoms with Crippen molar-refractivity contribution in [2.45, 2.75) is 50.8 Å². The van der Waals surface area contributed by atoms with E-state index in [4.69, 9.17) is 32.7 Å². The van der Waals surface area contributed by atoms with Crippen molar-refractivity contribution in [2.24, 2.45) is 0 Å². The Morgan fingerprint density at radius 2 is 1.91 bits per heavy atom. The van der Waals surface area contributed by atoms with Gasteiger partial charge in [0.15, 0.2) is 0 Å². The van der Waals surface area contributed by atoms with Gasteiger partial charge in [0.25, 0.3) is 0 Å². The van der Waals surface area contributed by atoms with Crippen LogP contribution in [0.4, 0.5) is 0 Å². The van der Waals surface area contributed by atoms with E-state index in [0.29, 0.717) is 35.3 Å². The molecule has 23 heavy (non-hydrogen) atoms. The highest BCUT2D eigenvalue weighted by Crippen LogP contribution is 2.37. The van der Waals surface area contributed by atoms with Gasteiger partial charge in [-0.2, -0.15) is 0 Å². The highest BCUT2D eigenvalue weighted by atomic mass is 35.5. The normalized spacial score (nSPS) is 27.0. The number of ether oxygens (including phenoxy) is 2. The maximum atomic E-state index is 11.7. The van der Waals surface area contributed by atoms with Gasteiger partial charge in [0.1, 0.15) is 11.9 Å². The Labute approximate surface area is 146 Å². The molecule has 3 atom stereocenters. The number of esters is 1. The van der Waals surface area contributed by atoms with Crippen LogP contribution in [0.2, 0.25) is 10.0 Å². The zero-order valence-corrected chi connectivity index (χ0v) is 14.6. The summed E-state index contributed by atoms with van der Waals surface area (Å²) >= 11 is 12.0. The summed E-state index contributed by atoms with van der Waals surface area (Å²) in [6.07, 6.45) is 4.24. The maximum Gasteiger partial charge on any atom is 0.320 e. The van der Waals surface area contributed by atoms with Crippen LogP contribution >= 0.6 is 23.2 Å². The van der Waals surface area contributed by atoms with Crippen LogP contribution in [-0.4, -0.2) is 42.2 Å². The molecule has 2 saturated heterocycles. The van der Waals surface area contributed by atoms with Crippen LogP contribution in [0.5, 0.6) is 5.75 Å². The number of halogens is 2. The third-order valence-electron chi connectivity index (χ3n) is 4.65. The highest BCUT2D eigenvalue weighted by Gasteiger charge is 2.42. The third kappa shape index (κ3) is 3.93. The molecule has 1 aromatic rings. The number of fused-ring (bicyclic) bond motifs is 2. The summed E-state index contributed by atoms with van der Waals surface area (Å²) in [5, 5.41) is 1.04. The van der Waals surface area contributed by atoms with Gasteiger partial charge in [-0.1, -0.05) is 23.2 Å². The number of benzene rings is 1. The largest absolute Gasteiger partial charge is 0.490 e. The van der Waals surface area contributed by atoms with Crippen molar-refractivity contribution in [1.82, 2.24) is 4.90 Å². The molecule has 2 aliphatic rings. The predicted octanol–water partition coefficient (Wildman–Crippen LogP) is 3.93. The van der Waals surface area contributed by atoms with Crippen molar-refractivity contribution in [3.63, 3.8) is 0 Å². The van der Waals surface area contributed by atoms with Gasteiger partial charge in [0.05, 0.1) is 23.2 Å². The first-order chi connectivity index (χ1) is 11.1. The average molecular weight is 358 g/mol. The molecule has 126 valence electrons. The van der Waals surface area contributed by atoms with Crippen molar-refractivity contribution in [1.29, 1.82) is 0 Å². The Hall–Kier alpha value is -0.970. The molecule has 0 spiro atoms. The summed E-state index contributed by atoms with van der Waals surface area (Å²) in [4.78, 5) is 14.0. The molecule has 1 aromatic carbocycles. The summed E-state index contributed by atoms with van der Waals surface area (Å²) in [6.45, 7) is 2.66. The molecule has 0 aliphatic carbocycles. The SMILES string of the molecule is CCOC(=O)CN1[C@@H]2CC[C@H]1CC(Oc1ccc(Cl)c(Cl)c1)C2. The van der Waals surface area contributed by atoms with Gasteiger partial charge in [-0.3, -0.25) is 9.69 Å². The van der Waals surface area contributed by atoms with E-state index in [2.05, 4.69) is 4.90 Å². The molecule has 0 saturated carbocycles. The molecule has 2 bridgehead atoms. The topological polar surface area (TPSA) is 38.8 Å². The van der Waals surface area contributed by atoms with E-state index in [1.807, 2.05) is 13.0 Å². The van der Waals surface area contributed by atoms with Crippen LogP contribution in [0, 0.1) is 0 Å². The van der Waals surface area contributed by atoms with Crippen molar-refractivity contribution < 1.29 is 14.3 Å². The number of carbonyl (C=O) groups excluding carboxylic acids is 1. The molecule has 3 rings (SSSR count). The molecule has 0 aromatic heterocycles. The predicted molar refractivity (Wildman–Crippen MR) is 90.3 cm³/mol. The second-order valence-corrected chi connectivity index (χ2v) is 6.96. The minimum absolute atomic E-state index is 0.131. The van der Waals surface area contributed by atoms with Crippen LogP contribution in [-0.2, 0) is 9.53 Å². The first-order valence-corrected chi connectivity index (χ1v) is 8.85. The molecule has 2 fully saturated rings. The number of piperidine rings is 1. The van der Waals surface area contributed by atoms with Gasteiger partial charge in [0, 0.05) is 18.2 Å². The summed E-state index contributed by atoms with van der Waals surface area (Å²) in [5.74, 6) is 0.621. The lowest BCUT2D eigenvalue weighted by Crippen LogP contribution is -2.48. The fraction of sp³-hybridized carbons (Fsp3) is 0.588. The molecule has 0 N–H and O–H groups in total. The zero-order chi connectivity index (χ0) is 16.4. The Kier molecular flexibility index (Phi) is 5.34. The van der Waals surface area contributed by atoms with Crippen LogP contribution in [0.25, 0.3) is 0 Å². The van der Waals surface area contributed by atoms with Gasteiger partial charge in [0.2, 0.25) is 0 Å². The van der Waals surface area contributed by atoms with Crippen LogP contribution in [0.1, 0.15) is 32.6 Å². The molecule has 6 heteroatoms. The van der Waals surface area contributed by atoms with Gasteiger partial charge >= 0.3 is 5.97 Å². The van der Waals surface area contributed by atoms with E-state index >= 15 is 0 Å². The molecule has 1 unspecified atom stereocenters. The summed E-state index contributed by atoms with van der Waals surface area (Å²) < 4.78 is 11.2. The van der Waals surface area contributed by atoms with E-state index < -0.39 is 0 Å². The summed E-state index contributed by atoms with van der Waals surface area (Å²) in [7, 11) is 0. The Morgan fingerprint density at radius 1 is 1.22 bits per heavy atom. The minimum atomic E-state index is -0.131. The van der Waals surface area contributed by atoms with E-state index in [1.54, 1.807) is 12.1 Å². The number of nitrogens with zero attached hydrogens (tertiary/aromatic N) is 1. The summed E-state index contributed by atoms with van der Waals surface area (Å²) in [6, 6.07) is 6.15. The molecule has 0 radical (unpaired) electrons. The molecule has 2 aliphatic heterocycles. The number of hydrogen-bond acceptors (Lipinski definition) is 4. The lowest BCUT2D eigenvalue weighted by atomic mass is 9.99. The van der Waals surface area contributed by atoms with Crippen LogP contribution in [0.3, 0.4) is 0 Å². The molecule has 4 nitrogen and oxygen atoms in total. The lowest BCUT2D eigenvalue weighted by Gasteiger charge is -2.38. The van der Waals surface area contributed by atoms with Crippen LogP contribution < -0.4 is 4.74 Å². The Morgan fingerprint density at radius 3 is 2.52 bits per heavy atom. The smallest absolute Gasteiger partial charge is 0.320 e. The number of hydrogen-bond donors (Lipinski definition) is 0. The first-order valence-electron chi connectivity index (χ1n) is 8.10. The average Bonchev–Trinajstić information content (AvgIpc) is 2.74. The van der Waals surface area contributed by atoms with Crippen LogP contribution in [0.15, 0.2) is 18.2 Å². The molecule has 2 heterocycles. The quantitative estimate of drug-likeness (QED) is 0.748. The Bertz CT molecular complexity index is 567. The second kappa shape index (κ2) is 7.29. The van der Waals surface area contributed by atoms with Gasteiger partial charge < -0.3 is 9.47 Å². The van der Waals surface area contributed by atoms with Crippen molar-refractivity contribution in [3.8, 4) is 5.75 Å². The van der Waals surface area contributed by atoms with Gasteiger partial charge in [-0.25, -0.2) is 0 Å². The monoisotopic (exact) mass is 357 g/mol. The standard InChI is InChI=1S/C17H21Cl2NO3/c1-2-22-17(21)10-20-11-3-4-12(20)8-14(7-11)23-13-5-6-15(18)16(19)9-13/h5-6,9,11-12,14H,2-4,7-8,10H2,1H3/t11-,12+,14?.